The lowest BCUT2D eigenvalue weighted by atomic mass is 9.94. The molecule has 0 spiro atoms. The van der Waals surface area contributed by atoms with Crippen LogP contribution >= 0.6 is 0 Å². The molecule has 0 aliphatic carbocycles. The minimum atomic E-state index is -0.540. The molecule has 1 aromatic rings. The van der Waals surface area contributed by atoms with Crippen LogP contribution in [0.2, 0.25) is 0 Å². The van der Waals surface area contributed by atoms with E-state index in [1.165, 1.54) is 0 Å². The first kappa shape index (κ1) is 13.9. The zero-order valence-corrected chi connectivity index (χ0v) is 11.9. The third-order valence-corrected chi connectivity index (χ3v) is 3.92. The van der Waals surface area contributed by atoms with Crippen molar-refractivity contribution in [3.05, 3.63) is 29.8 Å². The van der Waals surface area contributed by atoms with Crippen molar-refractivity contribution >= 4 is 11.6 Å². The Labute approximate surface area is 115 Å². The average Bonchev–Trinajstić information content (AvgIpc) is 2.41. The molecular formula is C15H23N3O. The molecule has 0 saturated carbocycles. The van der Waals surface area contributed by atoms with Crippen molar-refractivity contribution in [2.24, 2.45) is 5.73 Å². The minimum absolute atomic E-state index is 0.0111. The summed E-state index contributed by atoms with van der Waals surface area (Å²) in [6.07, 6.45) is 0.886. The third-order valence-electron chi connectivity index (χ3n) is 3.92. The van der Waals surface area contributed by atoms with E-state index in [1.807, 2.05) is 26.0 Å². The zero-order chi connectivity index (χ0) is 14.0. The van der Waals surface area contributed by atoms with Crippen LogP contribution in [0.1, 0.15) is 38.8 Å². The highest BCUT2D eigenvalue weighted by Crippen LogP contribution is 2.32. The Morgan fingerprint density at radius 2 is 2.11 bits per heavy atom. The quantitative estimate of drug-likeness (QED) is 0.872. The number of amides is 1. The van der Waals surface area contributed by atoms with Gasteiger partial charge in [0.15, 0.2) is 0 Å². The maximum absolute atomic E-state index is 12.1. The second-order valence-electron chi connectivity index (χ2n) is 5.54. The molecule has 104 valence electrons. The van der Waals surface area contributed by atoms with E-state index in [1.54, 1.807) is 0 Å². The van der Waals surface area contributed by atoms with E-state index < -0.39 is 5.54 Å². The van der Waals surface area contributed by atoms with Crippen molar-refractivity contribution < 1.29 is 4.79 Å². The number of carbonyl (C=O) groups excluding carboxylic acids is 1. The lowest BCUT2D eigenvalue weighted by Crippen LogP contribution is -2.62. The molecule has 0 radical (unpaired) electrons. The monoisotopic (exact) mass is 261 g/mol. The smallest absolute Gasteiger partial charge is 0.245 e. The Bertz CT molecular complexity index is 470. The number of anilines is 1. The van der Waals surface area contributed by atoms with Crippen LogP contribution in [0.4, 0.5) is 5.69 Å². The van der Waals surface area contributed by atoms with Crippen LogP contribution in [-0.2, 0) is 4.79 Å². The topological polar surface area (TPSA) is 58.4 Å². The lowest BCUT2D eigenvalue weighted by molar-refractivity contribution is -0.126. The van der Waals surface area contributed by atoms with Crippen LogP contribution in [0.3, 0.4) is 0 Å². The van der Waals surface area contributed by atoms with Gasteiger partial charge in [-0.25, -0.2) is 0 Å². The number of benzene rings is 1. The number of hydrogen-bond donors (Lipinski definition) is 2. The Hall–Kier alpha value is -1.55. The van der Waals surface area contributed by atoms with E-state index in [9.17, 15) is 4.79 Å². The Morgan fingerprint density at radius 3 is 2.79 bits per heavy atom. The Kier molecular flexibility index (Phi) is 3.80. The predicted molar refractivity (Wildman–Crippen MR) is 78.1 cm³/mol. The maximum Gasteiger partial charge on any atom is 0.245 e. The summed E-state index contributed by atoms with van der Waals surface area (Å²) in [5.41, 5.74) is 7.86. The molecule has 4 nitrogen and oxygen atoms in total. The first-order valence-electron chi connectivity index (χ1n) is 6.89. The zero-order valence-electron chi connectivity index (χ0n) is 11.9. The minimum Gasteiger partial charge on any atom is -0.355 e. The van der Waals surface area contributed by atoms with Crippen LogP contribution in [0, 0.1) is 0 Å². The van der Waals surface area contributed by atoms with Crippen LogP contribution < -0.4 is 16.0 Å². The molecule has 19 heavy (non-hydrogen) atoms. The number of rotatable bonds is 3. The highest BCUT2D eigenvalue weighted by atomic mass is 16.2. The SMILES string of the molecule is CC[C@H](N)c1ccccc1N1CCNC(=O)C1(C)C. The van der Waals surface area contributed by atoms with Crippen LogP contribution in [0.15, 0.2) is 24.3 Å². The normalized spacial score (nSPS) is 20.0. The number of piperazine rings is 1. The molecular weight excluding hydrogens is 238 g/mol. The highest BCUT2D eigenvalue weighted by Gasteiger charge is 2.38. The van der Waals surface area contributed by atoms with E-state index >= 15 is 0 Å². The largest absolute Gasteiger partial charge is 0.355 e. The maximum atomic E-state index is 12.1. The Balaban J connectivity index is 2.43. The van der Waals surface area contributed by atoms with Crippen LogP contribution in [0.5, 0.6) is 0 Å². The third kappa shape index (κ3) is 2.45. The van der Waals surface area contributed by atoms with Gasteiger partial charge in [0.1, 0.15) is 5.54 Å². The fraction of sp³-hybridized carbons (Fsp3) is 0.533. The summed E-state index contributed by atoms with van der Waals surface area (Å²) in [4.78, 5) is 14.2. The first-order chi connectivity index (χ1) is 8.98. The van der Waals surface area contributed by atoms with Crippen molar-refractivity contribution in [3.8, 4) is 0 Å². The fourth-order valence-electron chi connectivity index (χ4n) is 2.59. The van der Waals surface area contributed by atoms with Gasteiger partial charge in [0.05, 0.1) is 0 Å². The van der Waals surface area contributed by atoms with Crippen molar-refractivity contribution in [3.63, 3.8) is 0 Å². The molecule has 1 aliphatic heterocycles. The summed E-state index contributed by atoms with van der Waals surface area (Å²) in [6.45, 7) is 7.48. The van der Waals surface area contributed by atoms with Crippen LogP contribution in [-0.4, -0.2) is 24.5 Å². The molecule has 1 aromatic carbocycles. The number of nitrogens with one attached hydrogen (secondary N) is 1. The van der Waals surface area contributed by atoms with Gasteiger partial charge in [-0.05, 0) is 31.9 Å². The van der Waals surface area contributed by atoms with Gasteiger partial charge in [0, 0.05) is 24.8 Å². The van der Waals surface area contributed by atoms with Gasteiger partial charge in [-0.2, -0.15) is 0 Å². The molecule has 0 bridgehead atoms. The number of carbonyl (C=O) groups is 1. The highest BCUT2D eigenvalue weighted by molar-refractivity contribution is 5.90. The molecule has 1 heterocycles. The summed E-state index contributed by atoms with van der Waals surface area (Å²) in [7, 11) is 0. The molecule has 1 fully saturated rings. The number of para-hydroxylation sites is 1. The molecule has 3 N–H and O–H groups in total. The van der Waals surface area contributed by atoms with Crippen molar-refractivity contribution in [2.45, 2.75) is 38.8 Å². The lowest BCUT2D eigenvalue weighted by Gasteiger charge is -2.44. The van der Waals surface area contributed by atoms with Gasteiger partial charge < -0.3 is 16.0 Å². The van der Waals surface area contributed by atoms with E-state index in [2.05, 4.69) is 29.3 Å². The molecule has 2 rings (SSSR count). The summed E-state index contributed by atoms with van der Waals surface area (Å²) < 4.78 is 0. The molecule has 1 aliphatic rings. The number of nitrogens with two attached hydrogens (primary N) is 1. The van der Waals surface area contributed by atoms with Crippen LogP contribution in [0.25, 0.3) is 0 Å². The summed E-state index contributed by atoms with van der Waals surface area (Å²) >= 11 is 0. The molecule has 4 heteroatoms. The van der Waals surface area contributed by atoms with Gasteiger partial charge in [-0.15, -0.1) is 0 Å². The average molecular weight is 261 g/mol. The summed E-state index contributed by atoms with van der Waals surface area (Å²) in [5.74, 6) is 0.0682. The van der Waals surface area contributed by atoms with E-state index in [4.69, 9.17) is 5.73 Å². The molecule has 1 amide bonds. The van der Waals surface area contributed by atoms with Gasteiger partial charge >= 0.3 is 0 Å². The molecule has 0 aromatic heterocycles. The molecule has 1 saturated heterocycles. The first-order valence-corrected chi connectivity index (χ1v) is 6.89. The second-order valence-corrected chi connectivity index (χ2v) is 5.54. The standard InChI is InChI=1S/C15H23N3O/c1-4-12(16)11-7-5-6-8-13(11)18-10-9-17-14(19)15(18,2)3/h5-8,12H,4,9-10,16H2,1-3H3,(H,17,19)/t12-/m0/s1. The second kappa shape index (κ2) is 5.21. The number of hydrogen-bond acceptors (Lipinski definition) is 3. The van der Waals surface area contributed by atoms with Gasteiger partial charge in [0.25, 0.3) is 0 Å². The van der Waals surface area contributed by atoms with Gasteiger partial charge in [-0.3, -0.25) is 4.79 Å². The molecule has 0 unspecified atom stereocenters. The van der Waals surface area contributed by atoms with Crippen molar-refractivity contribution in [2.75, 3.05) is 18.0 Å². The van der Waals surface area contributed by atoms with E-state index in [0.717, 1.165) is 24.2 Å². The summed E-state index contributed by atoms with van der Waals surface area (Å²) in [6, 6.07) is 8.14. The van der Waals surface area contributed by atoms with E-state index in [0.29, 0.717) is 6.54 Å². The summed E-state index contributed by atoms with van der Waals surface area (Å²) in [5, 5.41) is 2.92. The van der Waals surface area contributed by atoms with Gasteiger partial charge in [0.2, 0.25) is 5.91 Å². The molecule has 1 atom stereocenters. The van der Waals surface area contributed by atoms with Crippen molar-refractivity contribution in [1.82, 2.24) is 5.32 Å². The fourth-order valence-corrected chi connectivity index (χ4v) is 2.59. The van der Waals surface area contributed by atoms with E-state index in [-0.39, 0.29) is 11.9 Å². The Morgan fingerprint density at radius 1 is 1.42 bits per heavy atom. The van der Waals surface area contributed by atoms with Crippen molar-refractivity contribution in [1.29, 1.82) is 0 Å². The van der Waals surface area contributed by atoms with Gasteiger partial charge in [-0.1, -0.05) is 25.1 Å². The number of nitrogens with zero attached hydrogens (tertiary/aromatic N) is 1. The predicted octanol–water partition coefficient (Wildman–Crippen LogP) is 1.81.